The van der Waals surface area contributed by atoms with E-state index in [2.05, 4.69) is 5.32 Å². The number of rotatable bonds is 4. The maximum absolute atomic E-state index is 11.2. The molecule has 0 radical (unpaired) electrons. The fraction of sp³-hybridized carbons (Fsp3) is 0.538. The predicted molar refractivity (Wildman–Crippen MR) is 78.7 cm³/mol. The fourth-order valence-electron chi connectivity index (χ4n) is 2.55. The first-order valence-electron chi connectivity index (χ1n) is 6.72. The smallest absolute Gasteiger partial charge is 0.238 e. The lowest BCUT2D eigenvalue weighted by Gasteiger charge is -2.28. The monoisotopic (exact) mass is 299 g/mol. The summed E-state index contributed by atoms with van der Waals surface area (Å²) in [5.41, 5.74) is 6.82. The lowest BCUT2D eigenvalue weighted by molar-refractivity contribution is 0.0763. The van der Waals surface area contributed by atoms with Gasteiger partial charge in [-0.3, -0.25) is 0 Å². The zero-order chi connectivity index (χ0) is 14.8. The normalized spacial score (nSPS) is 23.5. The molecule has 2 rings (SSSR count). The van der Waals surface area contributed by atoms with Crippen molar-refractivity contribution in [2.24, 2.45) is 11.1 Å². The van der Waals surface area contributed by atoms with Crippen LogP contribution in [0, 0.1) is 5.92 Å². The number of nitrogens with two attached hydrogens (primary N) is 2. The number of benzene rings is 1. The minimum Gasteiger partial charge on any atom is -0.397 e. The third-order valence-corrected chi connectivity index (χ3v) is 4.69. The highest BCUT2D eigenvalue weighted by molar-refractivity contribution is 7.89. The minimum absolute atomic E-state index is 0.00162. The van der Waals surface area contributed by atoms with Crippen LogP contribution in [0.25, 0.3) is 0 Å². The molecule has 0 spiro atoms. The number of anilines is 2. The molecule has 0 aliphatic heterocycles. The number of hydrogen-bond acceptors (Lipinski definition) is 5. The van der Waals surface area contributed by atoms with Crippen LogP contribution in [0.15, 0.2) is 23.1 Å². The highest BCUT2D eigenvalue weighted by Gasteiger charge is 2.22. The molecule has 0 aromatic heterocycles. The summed E-state index contributed by atoms with van der Waals surface area (Å²) in [6, 6.07) is 4.37. The molecule has 2 atom stereocenters. The molecule has 1 aliphatic carbocycles. The number of nitrogen functional groups attached to an aromatic ring is 1. The van der Waals surface area contributed by atoms with Crippen LogP contribution >= 0.6 is 0 Å². The molecule has 2 unspecified atom stereocenters. The number of hydrogen-bond donors (Lipinski definition) is 4. The Hall–Kier alpha value is -1.31. The van der Waals surface area contributed by atoms with E-state index < -0.39 is 10.0 Å². The summed E-state index contributed by atoms with van der Waals surface area (Å²) in [5.74, 6) is 0.209. The van der Waals surface area contributed by atoms with Crippen molar-refractivity contribution in [1.29, 1.82) is 0 Å². The quantitative estimate of drug-likeness (QED) is 0.615. The van der Waals surface area contributed by atoms with Gasteiger partial charge in [-0.2, -0.15) is 0 Å². The van der Waals surface area contributed by atoms with Crippen LogP contribution in [0.2, 0.25) is 0 Å². The zero-order valence-electron chi connectivity index (χ0n) is 11.2. The first-order chi connectivity index (χ1) is 9.38. The highest BCUT2D eigenvalue weighted by Crippen LogP contribution is 2.27. The summed E-state index contributed by atoms with van der Waals surface area (Å²) in [6.07, 6.45) is 3.75. The first-order valence-corrected chi connectivity index (χ1v) is 8.27. The van der Waals surface area contributed by atoms with E-state index in [0.29, 0.717) is 17.9 Å². The standard InChI is InChI=1S/C13H21N3O3S/c14-11-7-10(20(15,18)19)5-6-12(11)16-8-9-3-1-2-4-13(9)17/h5-7,9,13,16-17H,1-4,8,14H2,(H2,15,18,19). The van der Waals surface area contributed by atoms with Gasteiger partial charge < -0.3 is 16.2 Å². The predicted octanol–water partition coefficient (Wildman–Crippen LogP) is 0.879. The van der Waals surface area contributed by atoms with Crippen molar-refractivity contribution in [3.63, 3.8) is 0 Å². The summed E-state index contributed by atoms with van der Waals surface area (Å²) in [7, 11) is -3.73. The lowest BCUT2D eigenvalue weighted by atomic mass is 9.86. The van der Waals surface area contributed by atoms with E-state index >= 15 is 0 Å². The maximum atomic E-state index is 11.2. The average Bonchev–Trinajstić information content (AvgIpc) is 2.38. The molecule has 0 heterocycles. The number of aliphatic hydroxyl groups is 1. The molecule has 20 heavy (non-hydrogen) atoms. The minimum atomic E-state index is -3.73. The Kier molecular flexibility index (Phi) is 4.52. The van der Waals surface area contributed by atoms with Crippen molar-refractivity contribution >= 4 is 21.4 Å². The Morgan fingerprint density at radius 2 is 2.00 bits per heavy atom. The van der Waals surface area contributed by atoms with Gasteiger partial charge in [0, 0.05) is 12.5 Å². The molecule has 1 aromatic carbocycles. The molecule has 1 aromatic rings. The van der Waals surface area contributed by atoms with Gasteiger partial charge in [0.05, 0.1) is 22.4 Å². The van der Waals surface area contributed by atoms with E-state index in [1.54, 1.807) is 6.07 Å². The Morgan fingerprint density at radius 1 is 1.30 bits per heavy atom. The first kappa shape index (κ1) is 15.1. The zero-order valence-corrected chi connectivity index (χ0v) is 12.1. The average molecular weight is 299 g/mol. The summed E-state index contributed by atoms with van der Waals surface area (Å²) < 4.78 is 22.4. The maximum Gasteiger partial charge on any atom is 0.238 e. The van der Waals surface area contributed by atoms with Crippen LogP contribution in [0.1, 0.15) is 25.7 Å². The van der Waals surface area contributed by atoms with E-state index in [-0.39, 0.29) is 16.9 Å². The summed E-state index contributed by atoms with van der Waals surface area (Å²) in [4.78, 5) is -0.00162. The Labute approximate surface area is 119 Å². The molecule has 0 saturated heterocycles. The molecule has 7 heteroatoms. The van der Waals surface area contributed by atoms with Crippen molar-refractivity contribution in [3.05, 3.63) is 18.2 Å². The van der Waals surface area contributed by atoms with Gasteiger partial charge in [-0.05, 0) is 31.0 Å². The van der Waals surface area contributed by atoms with Crippen LogP contribution < -0.4 is 16.2 Å². The molecule has 1 fully saturated rings. The van der Waals surface area contributed by atoms with E-state index in [9.17, 15) is 13.5 Å². The molecule has 6 N–H and O–H groups in total. The molecular weight excluding hydrogens is 278 g/mol. The second-order valence-corrected chi connectivity index (χ2v) is 6.85. The third-order valence-electron chi connectivity index (χ3n) is 3.78. The summed E-state index contributed by atoms with van der Waals surface area (Å²) in [6.45, 7) is 0.625. The van der Waals surface area contributed by atoms with Gasteiger partial charge in [0.15, 0.2) is 0 Å². The van der Waals surface area contributed by atoms with Crippen LogP contribution in [0.5, 0.6) is 0 Å². The van der Waals surface area contributed by atoms with Crippen molar-refractivity contribution in [2.45, 2.75) is 36.7 Å². The van der Waals surface area contributed by atoms with Gasteiger partial charge in [-0.1, -0.05) is 12.8 Å². The van der Waals surface area contributed by atoms with E-state index in [0.717, 1.165) is 25.7 Å². The van der Waals surface area contributed by atoms with Gasteiger partial charge in [-0.25, -0.2) is 13.6 Å². The number of nitrogens with one attached hydrogen (secondary N) is 1. The number of sulfonamides is 1. The third kappa shape index (κ3) is 3.62. The summed E-state index contributed by atoms with van der Waals surface area (Å²) in [5, 5.41) is 18.1. The Morgan fingerprint density at radius 3 is 2.60 bits per heavy atom. The van der Waals surface area contributed by atoms with Gasteiger partial charge in [0.2, 0.25) is 10.0 Å². The highest BCUT2D eigenvalue weighted by atomic mass is 32.2. The number of aliphatic hydroxyl groups excluding tert-OH is 1. The summed E-state index contributed by atoms with van der Waals surface area (Å²) >= 11 is 0. The molecule has 0 bridgehead atoms. The molecule has 112 valence electrons. The molecule has 6 nitrogen and oxygen atoms in total. The van der Waals surface area contributed by atoms with Gasteiger partial charge in [0.1, 0.15) is 0 Å². The van der Waals surface area contributed by atoms with Gasteiger partial charge in [0.25, 0.3) is 0 Å². The van der Waals surface area contributed by atoms with Crippen molar-refractivity contribution in [1.82, 2.24) is 0 Å². The van der Waals surface area contributed by atoms with Crippen molar-refractivity contribution < 1.29 is 13.5 Å². The number of primary sulfonamides is 1. The molecular formula is C13H21N3O3S. The second kappa shape index (κ2) is 5.99. The molecule has 1 saturated carbocycles. The van der Waals surface area contributed by atoms with Crippen molar-refractivity contribution in [2.75, 3.05) is 17.6 Å². The molecule has 0 amide bonds. The van der Waals surface area contributed by atoms with E-state index in [4.69, 9.17) is 10.9 Å². The van der Waals surface area contributed by atoms with E-state index in [1.807, 2.05) is 0 Å². The van der Waals surface area contributed by atoms with Crippen molar-refractivity contribution in [3.8, 4) is 0 Å². The Bertz CT molecular complexity index is 574. The lowest BCUT2D eigenvalue weighted by Crippen LogP contribution is -2.30. The SMILES string of the molecule is Nc1cc(S(N)(=O)=O)ccc1NCC1CCCCC1O. The topological polar surface area (TPSA) is 118 Å². The largest absolute Gasteiger partial charge is 0.397 e. The fourth-order valence-corrected chi connectivity index (χ4v) is 3.09. The van der Waals surface area contributed by atoms with Crippen LogP contribution in [0.3, 0.4) is 0 Å². The molecule has 1 aliphatic rings. The van der Waals surface area contributed by atoms with Gasteiger partial charge in [-0.15, -0.1) is 0 Å². The van der Waals surface area contributed by atoms with E-state index in [1.165, 1.54) is 12.1 Å². The van der Waals surface area contributed by atoms with Crippen LogP contribution in [0.4, 0.5) is 11.4 Å². The van der Waals surface area contributed by atoms with Gasteiger partial charge >= 0.3 is 0 Å². The Balaban J connectivity index is 2.03. The van der Waals surface area contributed by atoms with Crippen LogP contribution in [-0.4, -0.2) is 26.2 Å². The van der Waals surface area contributed by atoms with Crippen LogP contribution in [-0.2, 0) is 10.0 Å². The second-order valence-electron chi connectivity index (χ2n) is 5.29.